The summed E-state index contributed by atoms with van der Waals surface area (Å²) in [5.41, 5.74) is 2.89. The van der Waals surface area contributed by atoms with E-state index in [0.717, 1.165) is 42.0 Å². The number of alkyl halides is 3. The molecule has 2 aromatic heterocycles. The van der Waals surface area contributed by atoms with Gasteiger partial charge >= 0.3 is 6.18 Å². The molecule has 1 aromatic carbocycles. The topological polar surface area (TPSA) is 64.3 Å². The monoisotopic (exact) mass is 555 g/mol. The van der Waals surface area contributed by atoms with E-state index in [-0.39, 0.29) is 5.91 Å². The summed E-state index contributed by atoms with van der Waals surface area (Å²) in [6.45, 7) is 7.68. The molecule has 2 saturated heterocycles. The van der Waals surface area contributed by atoms with Crippen molar-refractivity contribution in [2.24, 2.45) is 5.92 Å². The molecule has 3 aliphatic rings. The third-order valence-electron chi connectivity index (χ3n) is 9.21. The van der Waals surface area contributed by atoms with Crippen molar-refractivity contribution in [3.8, 4) is 11.1 Å². The molecule has 0 unspecified atom stereocenters. The zero-order chi connectivity index (χ0) is 28.1. The van der Waals surface area contributed by atoms with Crippen molar-refractivity contribution in [2.45, 2.75) is 50.3 Å². The number of amides is 1. The van der Waals surface area contributed by atoms with E-state index in [0.29, 0.717) is 32.1 Å². The lowest BCUT2D eigenvalue weighted by molar-refractivity contribution is -0.296. The number of carbonyl (C=O) groups excluding carboxylic acids is 1. The molecule has 1 aliphatic carbocycles. The lowest BCUT2D eigenvalue weighted by Crippen LogP contribution is -2.60. The van der Waals surface area contributed by atoms with E-state index in [1.54, 1.807) is 11.1 Å². The number of carbonyl (C=O) groups is 1. The molecule has 3 aromatic rings. The molecule has 0 spiro atoms. The SMILES string of the molecule is CCN1CCC(c2ccc(-c3cc4c(N5CCN(C(=O)C6CC(O)(C(F)(F)F)C6)CC5)ccnn4c3)cc2)CC1. The van der Waals surface area contributed by atoms with Crippen LogP contribution in [-0.2, 0) is 4.79 Å². The standard InChI is InChI=1S/C30H36F3N5O2/c1-2-35-11-8-23(9-12-35)21-3-5-22(6-4-21)24-17-27-26(7-10-34-38(27)20-24)36-13-15-37(16-14-36)28(39)25-18-29(40,19-25)30(31,32)33/h3-7,10,17,20,23,25,40H,2,8-9,11-16,18-19H2,1H3. The zero-order valence-electron chi connectivity index (χ0n) is 22.8. The second kappa shape index (κ2) is 10.4. The Morgan fingerprint density at radius 2 is 1.68 bits per heavy atom. The number of piperazine rings is 1. The second-order valence-electron chi connectivity index (χ2n) is 11.6. The molecule has 1 saturated carbocycles. The number of benzene rings is 1. The van der Waals surface area contributed by atoms with Crippen LogP contribution in [0.25, 0.3) is 16.6 Å². The van der Waals surface area contributed by atoms with Gasteiger partial charge in [-0.3, -0.25) is 4.79 Å². The predicted molar refractivity (Wildman–Crippen MR) is 147 cm³/mol. The Morgan fingerprint density at radius 1 is 1.00 bits per heavy atom. The van der Waals surface area contributed by atoms with Crippen molar-refractivity contribution in [3.63, 3.8) is 0 Å². The van der Waals surface area contributed by atoms with Crippen LogP contribution in [-0.4, -0.2) is 88.0 Å². The van der Waals surface area contributed by atoms with Crippen molar-refractivity contribution in [3.05, 3.63) is 54.4 Å². The fraction of sp³-hybridized carbons (Fsp3) is 0.533. The van der Waals surface area contributed by atoms with Gasteiger partial charge in [0.15, 0.2) is 5.60 Å². The number of fused-ring (bicyclic) bond motifs is 1. The molecule has 0 atom stereocenters. The highest BCUT2D eigenvalue weighted by Crippen LogP contribution is 2.49. The van der Waals surface area contributed by atoms with Crippen LogP contribution in [0.1, 0.15) is 44.1 Å². The molecule has 214 valence electrons. The lowest BCUT2D eigenvalue weighted by Gasteiger charge is -2.46. The molecular weight excluding hydrogens is 519 g/mol. The number of rotatable bonds is 5. The van der Waals surface area contributed by atoms with Gasteiger partial charge in [-0.15, -0.1) is 0 Å². The normalized spacial score (nSPS) is 24.9. The molecule has 7 nitrogen and oxygen atoms in total. The highest BCUT2D eigenvalue weighted by atomic mass is 19.4. The summed E-state index contributed by atoms with van der Waals surface area (Å²) in [6, 6.07) is 13.0. The third-order valence-corrected chi connectivity index (χ3v) is 9.21. The Bertz CT molecular complexity index is 1350. The molecule has 4 heterocycles. The number of hydrogen-bond donors (Lipinski definition) is 1. The first-order chi connectivity index (χ1) is 19.1. The van der Waals surface area contributed by atoms with Crippen molar-refractivity contribution < 1.29 is 23.1 Å². The fourth-order valence-electron chi connectivity index (χ4n) is 6.54. The smallest absolute Gasteiger partial charge is 0.380 e. The van der Waals surface area contributed by atoms with Crippen molar-refractivity contribution in [1.82, 2.24) is 19.4 Å². The average molecular weight is 556 g/mol. The van der Waals surface area contributed by atoms with Crippen LogP contribution in [0.2, 0.25) is 0 Å². The summed E-state index contributed by atoms with van der Waals surface area (Å²) < 4.78 is 40.8. The number of aromatic nitrogens is 2. The molecular formula is C30H36F3N5O2. The van der Waals surface area contributed by atoms with Gasteiger partial charge < -0.3 is 19.8 Å². The first-order valence-corrected chi connectivity index (χ1v) is 14.3. The molecule has 1 N–H and O–H groups in total. The van der Waals surface area contributed by atoms with Gasteiger partial charge in [0.1, 0.15) is 0 Å². The Labute approximate surface area is 232 Å². The Hall–Kier alpha value is -3.11. The van der Waals surface area contributed by atoms with E-state index in [2.05, 4.69) is 52.2 Å². The summed E-state index contributed by atoms with van der Waals surface area (Å²) in [7, 11) is 0. The number of nitrogens with zero attached hydrogens (tertiary/aromatic N) is 5. The van der Waals surface area contributed by atoms with Gasteiger partial charge in [0.25, 0.3) is 0 Å². The summed E-state index contributed by atoms with van der Waals surface area (Å²) in [5.74, 6) is -0.448. The third kappa shape index (κ3) is 4.96. The van der Waals surface area contributed by atoms with E-state index in [9.17, 15) is 23.1 Å². The van der Waals surface area contributed by atoms with Gasteiger partial charge in [-0.25, -0.2) is 4.52 Å². The second-order valence-corrected chi connectivity index (χ2v) is 11.6. The number of aliphatic hydroxyl groups is 1. The van der Waals surface area contributed by atoms with Crippen LogP contribution >= 0.6 is 0 Å². The minimum absolute atomic E-state index is 0.294. The number of hydrogen-bond acceptors (Lipinski definition) is 5. The number of anilines is 1. The van der Waals surface area contributed by atoms with Gasteiger partial charge in [0.2, 0.25) is 5.91 Å². The van der Waals surface area contributed by atoms with E-state index in [1.807, 2.05) is 16.8 Å². The summed E-state index contributed by atoms with van der Waals surface area (Å²) in [6.07, 6.45) is 0.407. The maximum atomic E-state index is 13.0. The Balaban J connectivity index is 1.10. The Kier molecular flexibility index (Phi) is 7.02. The van der Waals surface area contributed by atoms with Gasteiger partial charge in [0, 0.05) is 50.1 Å². The van der Waals surface area contributed by atoms with E-state index < -0.39 is 30.5 Å². The van der Waals surface area contributed by atoms with Gasteiger partial charge in [-0.2, -0.15) is 18.3 Å². The average Bonchev–Trinajstić information content (AvgIpc) is 3.39. The largest absolute Gasteiger partial charge is 0.417 e. The van der Waals surface area contributed by atoms with E-state index in [4.69, 9.17) is 0 Å². The van der Waals surface area contributed by atoms with Crippen molar-refractivity contribution in [2.75, 3.05) is 50.7 Å². The predicted octanol–water partition coefficient (Wildman–Crippen LogP) is 4.55. The summed E-state index contributed by atoms with van der Waals surface area (Å²) >= 11 is 0. The fourth-order valence-corrected chi connectivity index (χ4v) is 6.54. The lowest BCUT2D eigenvalue weighted by atomic mass is 9.69. The summed E-state index contributed by atoms with van der Waals surface area (Å²) in [5, 5.41) is 14.2. The van der Waals surface area contributed by atoms with Crippen LogP contribution in [0, 0.1) is 5.92 Å². The number of piperidine rings is 1. The van der Waals surface area contributed by atoms with Crippen molar-refractivity contribution in [1.29, 1.82) is 0 Å². The highest BCUT2D eigenvalue weighted by molar-refractivity contribution is 5.82. The minimum atomic E-state index is -4.69. The quantitative estimate of drug-likeness (QED) is 0.501. The number of halogens is 3. The maximum Gasteiger partial charge on any atom is 0.417 e. The highest BCUT2D eigenvalue weighted by Gasteiger charge is 2.63. The van der Waals surface area contributed by atoms with Crippen LogP contribution in [0.5, 0.6) is 0 Å². The van der Waals surface area contributed by atoms with E-state index in [1.165, 1.54) is 18.4 Å². The molecule has 6 rings (SSSR count). The molecule has 0 radical (unpaired) electrons. The number of likely N-dealkylation sites (tertiary alicyclic amines) is 1. The molecule has 2 aliphatic heterocycles. The Morgan fingerprint density at radius 3 is 2.30 bits per heavy atom. The van der Waals surface area contributed by atoms with Crippen LogP contribution in [0.4, 0.5) is 18.9 Å². The minimum Gasteiger partial charge on any atom is -0.380 e. The molecule has 3 fully saturated rings. The molecule has 40 heavy (non-hydrogen) atoms. The van der Waals surface area contributed by atoms with Crippen LogP contribution in [0.3, 0.4) is 0 Å². The molecule has 0 bridgehead atoms. The van der Waals surface area contributed by atoms with Crippen LogP contribution in [0.15, 0.2) is 48.8 Å². The molecule has 1 amide bonds. The zero-order valence-corrected chi connectivity index (χ0v) is 22.8. The van der Waals surface area contributed by atoms with Gasteiger partial charge in [-0.05, 0) is 74.5 Å². The van der Waals surface area contributed by atoms with Crippen LogP contribution < -0.4 is 4.90 Å². The van der Waals surface area contributed by atoms with E-state index >= 15 is 0 Å². The maximum absolute atomic E-state index is 13.0. The first-order valence-electron chi connectivity index (χ1n) is 14.3. The summed E-state index contributed by atoms with van der Waals surface area (Å²) in [4.78, 5) is 19.1. The van der Waals surface area contributed by atoms with Gasteiger partial charge in [0.05, 0.1) is 11.2 Å². The first kappa shape index (κ1) is 27.1. The van der Waals surface area contributed by atoms with Crippen molar-refractivity contribution >= 4 is 17.1 Å². The molecule has 10 heteroatoms. The van der Waals surface area contributed by atoms with Gasteiger partial charge in [-0.1, -0.05) is 31.2 Å².